The summed E-state index contributed by atoms with van der Waals surface area (Å²) in [6.45, 7) is 11.7. The van der Waals surface area contributed by atoms with Crippen LogP contribution in [0.25, 0.3) is 0 Å². The Morgan fingerprint density at radius 3 is 1.21 bits per heavy atom. The third kappa shape index (κ3) is 5.78. The molecule has 0 aromatic heterocycles. The average Bonchev–Trinajstić information content (AvgIpc) is 2.60. The average molecular weight is 339 g/mol. The van der Waals surface area contributed by atoms with E-state index in [-0.39, 0.29) is 23.7 Å². The highest BCUT2D eigenvalue weighted by molar-refractivity contribution is 5.88. The standard InChI is InChI=1S/C20H38N2O2/c1-5-13-21(14-6-2)19(23)17-11-9-10-12-18(17)20(24)22(15-7-3)16-8-4/h17-18H,5-16H2,1-4H3. The van der Waals surface area contributed by atoms with Crippen molar-refractivity contribution in [3.05, 3.63) is 0 Å². The monoisotopic (exact) mass is 338 g/mol. The lowest BCUT2D eigenvalue weighted by Crippen LogP contribution is -2.47. The van der Waals surface area contributed by atoms with Crippen LogP contribution in [0.3, 0.4) is 0 Å². The van der Waals surface area contributed by atoms with Gasteiger partial charge in [0.25, 0.3) is 0 Å². The van der Waals surface area contributed by atoms with Gasteiger partial charge in [-0.1, -0.05) is 40.5 Å². The van der Waals surface area contributed by atoms with Crippen molar-refractivity contribution in [1.29, 1.82) is 0 Å². The molecule has 1 rings (SSSR count). The molecule has 4 heteroatoms. The molecule has 1 aliphatic rings. The van der Waals surface area contributed by atoms with Gasteiger partial charge >= 0.3 is 0 Å². The van der Waals surface area contributed by atoms with Gasteiger partial charge in [-0.3, -0.25) is 9.59 Å². The maximum absolute atomic E-state index is 13.1. The second kappa shape index (κ2) is 11.5. The molecule has 2 amide bonds. The second-order valence-electron chi connectivity index (χ2n) is 7.15. The van der Waals surface area contributed by atoms with Crippen LogP contribution in [-0.2, 0) is 9.59 Å². The molecule has 0 heterocycles. The Labute approximate surface area is 149 Å². The molecular formula is C20H38N2O2. The fourth-order valence-electron chi connectivity index (χ4n) is 3.94. The molecule has 2 unspecified atom stereocenters. The van der Waals surface area contributed by atoms with Crippen LogP contribution in [0.4, 0.5) is 0 Å². The van der Waals surface area contributed by atoms with E-state index in [1.807, 2.05) is 9.80 Å². The van der Waals surface area contributed by atoms with Crippen molar-refractivity contribution >= 4 is 11.8 Å². The number of nitrogens with zero attached hydrogens (tertiary/aromatic N) is 2. The van der Waals surface area contributed by atoms with E-state index in [9.17, 15) is 9.59 Å². The Morgan fingerprint density at radius 2 is 0.958 bits per heavy atom. The van der Waals surface area contributed by atoms with Crippen molar-refractivity contribution in [2.45, 2.75) is 79.1 Å². The number of hydrogen-bond donors (Lipinski definition) is 0. The summed E-state index contributed by atoms with van der Waals surface area (Å²) in [5.74, 6) is 0.260. The fraction of sp³-hybridized carbons (Fsp3) is 0.900. The third-order valence-electron chi connectivity index (χ3n) is 5.00. The van der Waals surface area contributed by atoms with Crippen LogP contribution in [0, 0.1) is 11.8 Å². The quantitative estimate of drug-likeness (QED) is 0.602. The first-order valence-electron chi connectivity index (χ1n) is 10.2. The topological polar surface area (TPSA) is 40.6 Å². The first-order chi connectivity index (χ1) is 11.6. The summed E-state index contributed by atoms with van der Waals surface area (Å²) in [6.07, 6.45) is 7.84. The van der Waals surface area contributed by atoms with Crippen LogP contribution in [0.2, 0.25) is 0 Å². The summed E-state index contributed by atoms with van der Waals surface area (Å²) < 4.78 is 0. The van der Waals surface area contributed by atoms with E-state index in [4.69, 9.17) is 0 Å². The van der Waals surface area contributed by atoms with E-state index in [0.717, 1.165) is 77.5 Å². The van der Waals surface area contributed by atoms with Gasteiger partial charge in [0.15, 0.2) is 0 Å². The summed E-state index contributed by atoms with van der Waals surface area (Å²) in [6, 6.07) is 0. The molecule has 1 saturated carbocycles. The largest absolute Gasteiger partial charge is 0.342 e. The van der Waals surface area contributed by atoms with E-state index in [0.29, 0.717) is 0 Å². The normalized spacial score (nSPS) is 20.7. The highest BCUT2D eigenvalue weighted by Gasteiger charge is 2.39. The molecule has 1 aliphatic carbocycles. The number of carbonyl (C=O) groups excluding carboxylic acids is 2. The molecule has 24 heavy (non-hydrogen) atoms. The molecule has 0 aromatic rings. The van der Waals surface area contributed by atoms with Crippen LogP contribution in [0.1, 0.15) is 79.1 Å². The van der Waals surface area contributed by atoms with Gasteiger partial charge in [0, 0.05) is 38.0 Å². The summed E-state index contributed by atoms with van der Waals surface area (Å²) in [7, 11) is 0. The van der Waals surface area contributed by atoms with Gasteiger partial charge in [0.1, 0.15) is 0 Å². The van der Waals surface area contributed by atoms with Crippen LogP contribution < -0.4 is 0 Å². The summed E-state index contributed by atoms with van der Waals surface area (Å²) in [5.41, 5.74) is 0. The van der Waals surface area contributed by atoms with Crippen molar-refractivity contribution in [2.24, 2.45) is 11.8 Å². The lowest BCUT2D eigenvalue weighted by atomic mass is 9.77. The van der Waals surface area contributed by atoms with Gasteiger partial charge in [-0.05, 0) is 38.5 Å². The van der Waals surface area contributed by atoms with Crippen LogP contribution in [-0.4, -0.2) is 47.8 Å². The molecule has 2 atom stereocenters. The maximum Gasteiger partial charge on any atom is 0.226 e. The highest BCUT2D eigenvalue weighted by Crippen LogP contribution is 2.33. The SMILES string of the molecule is CCCN(CCC)C(=O)C1CCCCC1C(=O)N(CCC)CCC. The molecule has 4 nitrogen and oxygen atoms in total. The molecule has 140 valence electrons. The smallest absolute Gasteiger partial charge is 0.226 e. The molecule has 0 saturated heterocycles. The molecule has 0 bridgehead atoms. The summed E-state index contributed by atoms with van der Waals surface area (Å²) in [5, 5.41) is 0. The predicted molar refractivity (Wildman–Crippen MR) is 99.8 cm³/mol. The van der Waals surface area contributed by atoms with Gasteiger partial charge in [-0.15, -0.1) is 0 Å². The van der Waals surface area contributed by atoms with Gasteiger partial charge in [0.2, 0.25) is 11.8 Å². The number of hydrogen-bond acceptors (Lipinski definition) is 2. The maximum atomic E-state index is 13.1. The van der Waals surface area contributed by atoms with Crippen molar-refractivity contribution in [1.82, 2.24) is 9.80 Å². The molecule has 0 spiro atoms. The molecule has 1 fully saturated rings. The first-order valence-corrected chi connectivity index (χ1v) is 10.2. The Bertz CT molecular complexity index is 336. The molecule has 0 radical (unpaired) electrons. The minimum absolute atomic E-state index is 0.0967. The zero-order valence-corrected chi connectivity index (χ0v) is 16.4. The van der Waals surface area contributed by atoms with Crippen LogP contribution in [0.5, 0.6) is 0 Å². The minimum Gasteiger partial charge on any atom is -0.342 e. The van der Waals surface area contributed by atoms with Crippen molar-refractivity contribution in [2.75, 3.05) is 26.2 Å². The van der Waals surface area contributed by atoms with Crippen LogP contribution >= 0.6 is 0 Å². The Balaban J connectivity index is 2.89. The Kier molecular flexibility index (Phi) is 10.0. The number of carbonyl (C=O) groups is 2. The third-order valence-corrected chi connectivity index (χ3v) is 5.00. The first kappa shape index (κ1) is 21.0. The molecular weight excluding hydrogens is 300 g/mol. The summed E-state index contributed by atoms with van der Waals surface area (Å²) in [4.78, 5) is 30.2. The Morgan fingerprint density at radius 1 is 0.667 bits per heavy atom. The van der Waals surface area contributed by atoms with E-state index >= 15 is 0 Å². The zero-order valence-electron chi connectivity index (χ0n) is 16.4. The van der Waals surface area contributed by atoms with Crippen LogP contribution in [0.15, 0.2) is 0 Å². The van der Waals surface area contributed by atoms with E-state index < -0.39 is 0 Å². The number of amides is 2. The van der Waals surface area contributed by atoms with E-state index in [1.165, 1.54) is 0 Å². The van der Waals surface area contributed by atoms with Crippen molar-refractivity contribution < 1.29 is 9.59 Å². The number of rotatable bonds is 10. The zero-order chi connectivity index (χ0) is 17.9. The highest BCUT2D eigenvalue weighted by atomic mass is 16.2. The van der Waals surface area contributed by atoms with Gasteiger partial charge in [-0.25, -0.2) is 0 Å². The van der Waals surface area contributed by atoms with Gasteiger partial charge in [0.05, 0.1) is 0 Å². The summed E-state index contributed by atoms with van der Waals surface area (Å²) >= 11 is 0. The second-order valence-corrected chi connectivity index (χ2v) is 7.15. The lowest BCUT2D eigenvalue weighted by molar-refractivity contribution is -0.148. The van der Waals surface area contributed by atoms with Gasteiger partial charge < -0.3 is 9.80 Å². The van der Waals surface area contributed by atoms with Crippen molar-refractivity contribution in [3.63, 3.8) is 0 Å². The van der Waals surface area contributed by atoms with E-state index in [1.54, 1.807) is 0 Å². The van der Waals surface area contributed by atoms with E-state index in [2.05, 4.69) is 27.7 Å². The minimum atomic E-state index is -0.0967. The molecule has 0 aliphatic heterocycles. The van der Waals surface area contributed by atoms with Crippen molar-refractivity contribution in [3.8, 4) is 0 Å². The lowest BCUT2D eigenvalue weighted by Gasteiger charge is -2.36. The predicted octanol–water partition coefficient (Wildman–Crippen LogP) is 4.09. The fourth-order valence-corrected chi connectivity index (χ4v) is 3.94. The van der Waals surface area contributed by atoms with Gasteiger partial charge in [-0.2, -0.15) is 0 Å². The molecule has 0 aromatic carbocycles. The molecule has 0 N–H and O–H groups in total. The Hall–Kier alpha value is -1.06.